The maximum atomic E-state index is 10.6. The fourth-order valence-electron chi connectivity index (χ4n) is 0.853. The minimum atomic E-state index is -0.531. The zero-order valence-electron chi connectivity index (χ0n) is 5.87. The Bertz CT molecular complexity index is 212. The summed E-state index contributed by atoms with van der Waals surface area (Å²) in [6, 6.07) is 0. The number of hydrogen-bond donors (Lipinski definition) is 0. The molecule has 0 N–H and O–H groups in total. The minimum absolute atomic E-state index is 0.107. The van der Waals surface area contributed by atoms with E-state index in [0.717, 1.165) is 0 Å². The van der Waals surface area contributed by atoms with Crippen LogP contribution in [0.25, 0.3) is 0 Å². The normalized spacial score (nSPS) is 19.2. The second-order valence-corrected chi connectivity index (χ2v) is 2.20. The molecule has 0 aromatic heterocycles. The third-order valence-electron chi connectivity index (χ3n) is 1.25. The number of morpholine rings is 1. The van der Waals surface area contributed by atoms with E-state index in [1.165, 1.54) is 0 Å². The molecule has 0 bridgehead atoms. The first-order chi connectivity index (χ1) is 5.22. The highest BCUT2D eigenvalue weighted by molar-refractivity contribution is 5.90. The average molecular weight is 153 g/mol. The fourth-order valence-corrected chi connectivity index (χ4v) is 0.853. The number of terminal acetylenes is 1. The highest BCUT2D eigenvalue weighted by atomic mass is 16.6. The Kier molecular flexibility index (Phi) is 2.24. The molecule has 0 radical (unpaired) electrons. The number of carbonyl (C=O) groups is 2. The summed E-state index contributed by atoms with van der Waals surface area (Å²) in [6.07, 6.45) is 5.00. The largest absolute Gasteiger partial charge is 0.391 e. The average Bonchev–Trinajstić information content (AvgIpc) is 1.85. The van der Waals surface area contributed by atoms with Crippen molar-refractivity contribution in [3.63, 3.8) is 0 Å². The molecule has 1 saturated heterocycles. The molecular weight excluding hydrogens is 146 g/mol. The van der Waals surface area contributed by atoms with E-state index < -0.39 is 11.9 Å². The predicted octanol–water partition coefficient (Wildman–Crippen LogP) is -0.995. The first-order valence-electron chi connectivity index (χ1n) is 3.11. The molecule has 1 fully saturated rings. The highest BCUT2D eigenvalue weighted by Gasteiger charge is 2.23. The van der Waals surface area contributed by atoms with Crippen LogP contribution >= 0.6 is 0 Å². The van der Waals surface area contributed by atoms with Gasteiger partial charge in [-0.15, -0.1) is 6.42 Å². The number of carbonyl (C=O) groups excluding carboxylic acids is 2. The number of rotatable bonds is 1. The summed E-state index contributed by atoms with van der Waals surface area (Å²) in [4.78, 5) is 22.8. The maximum absolute atomic E-state index is 10.6. The zero-order valence-corrected chi connectivity index (χ0v) is 5.87. The molecule has 1 heterocycles. The van der Waals surface area contributed by atoms with E-state index >= 15 is 0 Å². The molecule has 0 aromatic carbocycles. The van der Waals surface area contributed by atoms with Gasteiger partial charge in [0.25, 0.3) is 0 Å². The molecule has 4 heteroatoms. The van der Waals surface area contributed by atoms with Crippen molar-refractivity contribution < 1.29 is 14.3 Å². The van der Waals surface area contributed by atoms with Crippen molar-refractivity contribution in [2.24, 2.45) is 0 Å². The van der Waals surface area contributed by atoms with Gasteiger partial charge in [0.05, 0.1) is 19.6 Å². The van der Waals surface area contributed by atoms with Crippen LogP contribution < -0.4 is 0 Å². The van der Waals surface area contributed by atoms with Gasteiger partial charge in [-0.3, -0.25) is 14.5 Å². The molecule has 4 nitrogen and oxygen atoms in total. The topological polar surface area (TPSA) is 46.6 Å². The molecular formula is C7H7NO3. The lowest BCUT2D eigenvalue weighted by molar-refractivity contribution is -0.166. The van der Waals surface area contributed by atoms with Crippen LogP contribution in [0.5, 0.6) is 0 Å². The van der Waals surface area contributed by atoms with Gasteiger partial charge in [0.1, 0.15) is 0 Å². The summed E-state index contributed by atoms with van der Waals surface area (Å²) in [5.74, 6) is 1.28. The van der Waals surface area contributed by atoms with Crippen molar-refractivity contribution in [2.75, 3.05) is 19.6 Å². The predicted molar refractivity (Wildman–Crippen MR) is 36.4 cm³/mol. The Balaban J connectivity index is 2.51. The second-order valence-electron chi connectivity index (χ2n) is 2.20. The second kappa shape index (κ2) is 3.17. The summed E-state index contributed by atoms with van der Waals surface area (Å²) in [7, 11) is 0. The summed E-state index contributed by atoms with van der Waals surface area (Å²) < 4.78 is 4.27. The van der Waals surface area contributed by atoms with E-state index in [2.05, 4.69) is 10.7 Å². The molecule has 0 aliphatic carbocycles. The van der Waals surface area contributed by atoms with Crippen LogP contribution in [0.15, 0.2) is 0 Å². The van der Waals surface area contributed by atoms with Crippen LogP contribution in [-0.4, -0.2) is 36.5 Å². The molecule has 0 aromatic rings. The van der Waals surface area contributed by atoms with Crippen molar-refractivity contribution in [3.8, 4) is 12.3 Å². The molecule has 1 aliphatic rings. The Morgan fingerprint density at radius 1 is 1.45 bits per heavy atom. The van der Waals surface area contributed by atoms with Crippen LogP contribution in [0.1, 0.15) is 0 Å². The quantitative estimate of drug-likeness (QED) is 0.275. The van der Waals surface area contributed by atoms with E-state index in [1.807, 2.05) is 0 Å². The van der Waals surface area contributed by atoms with Crippen LogP contribution in [0.3, 0.4) is 0 Å². The van der Waals surface area contributed by atoms with E-state index in [9.17, 15) is 9.59 Å². The highest BCUT2D eigenvalue weighted by Crippen LogP contribution is 1.97. The maximum Gasteiger partial charge on any atom is 0.327 e. The third-order valence-corrected chi connectivity index (χ3v) is 1.25. The van der Waals surface area contributed by atoms with Crippen molar-refractivity contribution in [1.29, 1.82) is 0 Å². The first kappa shape index (κ1) is 7.76. The van der Waals surface area contributed by atoms with Crippen molar-refractivity contribution in [1.82, 2.24) is 4.90 Å². The van der Waals surface area contributed by atoms with Crippen molar-refractivity contribution in [3.05, 3.63) is 0 Å². The van der Waals surface area contributed by atoms with Crippen LogP contribution in [-0.2, 0) is 14.3 Å². The third kappa shape index (κ3) is 2.06. The van der Waals surface area contributed by atoms with E-state index in [1.54, 1.807) is 4.90 Å². The number of esters is 2. The molecule has 58 valence electrons. The molecule has 0 atom stereocenters. The first-order valence-corrected chi connectivity index (χ1v) is 3.11. The summed E-state index contributed by atoms with van der Waals surface area (Å²) in [6.45, 7) is 0.521. The standard InChI is InChI=1S/C7H7NO3/c1-2-3-8-4-6(9)11-7(10)5-8/h1H,3-5H2. The number of ether oxygens (including phenoxy) is 1. The smallest absolute Gasteiger partial charge is 0.327 e. The van der Waals surface area contributed by atoms with Gasteiger partial charge in [0.2, 0.25) is 0 Å². The molecule has 1 rings (SSSR count). The molecule has 0 amide bonds. The lowest BCUT2D eigenvalue weighted by Gasteiger charge is -2.21. The molecule has 0 spiro atoms. The van der Waals surface area contributed by atoms with Gasteiger partial charge in [-0.2, -0.15) is 0 Å². The minimum Gasteiger partial charge on any atom is -0.391 e. The van der Waals surface area contributed by atoms with Crippen LogP contribution in [0.4, 0.5) is 0 Å². The molecule has 11 heavy (non-hydrogen) atoms. The van der Waals surface area contributed by atoms with Gasteiger partial charge in [-0.1, -0.05) is 5.92 Å². The van der Waals surface area contributed by atoms with E-state index in [-0.39, 0.29) is 13.1 Å². The van der Waals surface area contributed by atoms with Gasteiger partial charge in [-0.05, 0) is 0 Å². The van der Waals surface area contributed by atoms with E-state index in [0.29, 0.717) is 6.54 Å². The Morgan fingerprint density at radius 2 is 2.00 bits per heavy atom. The number of cyclic esters (lactones) is 2. The van der Waals surface area contributed by atoms with Gasteiger partial charge < -0.3 is 4.74 Å². The van der Waals surface area contributed by atoms with Crippen molar-refractivity contribution in [2.45, 2.75) is 0 Å². The van der Waals surface area contributed by atoms with Crippen LogP contribution in [0.2, 0.25) is 0 Å². The number of hydrogen-bond acceptors (Lipinski definition) is 4. The van der Waals surface area contributed by atoms with Crippen molar-refractivity contribution >= 4 is 11.9 Å². The fraction of sp³-hybridized carbons (Fsp3) is 0.429. The Morgan fingerprint density at radius 3 is 2.45 bits per heavy atom. The number of nitrogens with zero attached hydrogens (tertiary/aromatic N) is 1. The SMILES string of the molecule is C#CCN1CC(=O)OC(=O)C1. The zero-order chi connectivity index (χ0) is 8.27. The molecule has 1 aliphatic heterocycles. The van der Waals surface area contributed by atoms with E-state index in [4.69, 9.17) is 6.42 Å². The molecule has 0 unspecified atom stereocenters. The van der Waals surface area contributed by atoms with Gasteiger partial charge in [0, 0.05) is 0 Å². The lowest BCUT2D eigenvalue weighted by atomic mass is 10.4. The van der Waals surface area contributed by atoms with Gasteiger partial charge in [0.15, 0.2) is 0 Å². The molecule has 0 saturated carbocycles. The summed E-state index contributed by atoms with van der Waals surface area (Å²) in [5, 5.41) is 0. The van der Waals surface area contributed by atoms with Gasteiger partial charge in [-0.25, -0.2) is 0 Å². The Hall–Kier alpha value is -1.34. The Labute approximate surface area is 64.1 Å². The van der Waals surface area contributed by atoms with Crippen LogP contribution in [0, 0.1) is 12.3 Å². The monoisotopic (exact) mass is 153 g/mol. The van der Waals surface area contributed by atoms with Gasteiger partial charge >= 0.3 is 11.9 Å². The summed E-state index contributed by atoms with van der Waals surface area (Å²) >= 11 is 0. The lowest BCUT2D eigenvalue weighted by Crippen LogP contribution is -2.42. The summed E-state index contributed by atoms with van der Waals surface area (Å²) in [5.41, 5.74) is 0.